The SMILES string of the molecule is C=N/C(=C\SCNc1ccc(C(=O)N2CCN(C(=O)OC(C)(C)C)[C@@H](CC)C2)cn1)c1sc(C)nc1C. The molecule has 1 atom stereocenters. The third kappa shape index (κ3) is 7.78. The Kier molecular flexibility index (Phi) is 9.72. The van der Waals surface area contributed by atoms with Crippen molar-refractivity contribution in [2.45, 2.75) is 59.6 Å². The van der Waals surface area contributed by atoms with Crippen LogP contribution in [0.25, 0.3) is 5.70 Å². The first-order valence-corrected chi connectivity index (χ1v) is 14.1. The Labute approximate surface area is 227 Å². The Hall–Kier alpha value is -2.92. The summed E-state index contributed by atoms with van der Waals surface area (Å²) in [6, 6.07) is 3.49. The highest BCUT2D eigenvalue weighted by atomic mass is 32.2. The number of thiazole rings is 1. The van der Waals surface area contributed by atoms with Crippen LogP contribution in [0.3, 0.4) is 0 Å². The number of aryl methyl sites for hydroxylation is 2. The molecule has 2 aromatic rings. The number of aromatic nitrogens is 2. The van der Waals surface area contributed by atoms with E-state index in [0.29, 0.717) is 36.9 Å². The first kappa shape index (κ1) is 28.6. The van der Waals surface area contributed by atoms with Gasteiger partial charge in [-0.15, -0.1) is 23.1 Å². The second-order valence-corrected chi connectivity index (χ2v) is 11.8. The molecule has 1 aliphatic rings. The maximum absolute atomic E-state index is 13.1. The quantitative estimate of drug-likeness (QED) is 0.269. The van der Waals surface area contributed by atoms with Gasteiger partial charge in [-0.2, -0.15) is 0 Å². The van der Waals surface area contributed by atoms with Crippen molar-refractivity contribution in [2.75, 3.05) is 30.8 Å². The molecular weight excluding hydrogens is 508 g/mol. The number of hydrogen-bond acceptors (Lipinski definition) is 9. The van der Waals surface area contributed by atoms with Crippen LogP contribution < -0.4 is 5.32 Å². The molecule has 0 saturated carbocycles. The van der Waals surface area contributed by atoms with Gasteiger partial charge < -0.3 is 19.9 Å². The molecule has 0 unspecified atom stereocenters. The van der Waals surface area contributed by atoms with Gasteiger partial charge in [0.25, 0.3) is 5.91 Å². The number of piperazine rings is 1. The van der Waals surface area contributed by atoms with Gasteiger partial charge >= 0.3 is 6.09 Å². The lowest BCUT2D eigenvalue weighted by molar-refractivity contribution is -0.00120. The Bertz CT molecular complexity index is 1140. The fraction of sp³-hybridized carbons (Fsp3) is 0.500. The summed E-state index contributed by atoms with van der Waals surface area (Å²) in [6.07, 6.45) is 2.00. The Morgan fingerprint density at radius 2 is 2.08 bits per heavy atom. The zero-order chi connectivity index (χ0) is 27.2. The number of nitrogens with zero attached hydrogens (tertiary/aromatic N) is 5. The second-order valence-electron chi connectivity index (χ2n) is 9.72. The van der Waals surface area contributed by atoms with Crippen molar-refractivity contribution >= 4 is 53.3 Å². The first-order chi connectivity index (χ1) is 17.5. The summed E-state index contributed by atoms with van der Waals surface area (Å²) in [7, 11) is 0. The van der Waals surface area contributed by atoms with Gasteiger partial charge in [-0.3, -0.25) is 9.79 Å². The minimum atomic E-state index is -0.552. The Morgan fingerprint density at radius 3 is 2.65 bits per heavy atom. The van der Waals surface area contributed by atoms with Crippen LogP contribution in [0.2, 0.25) is 0 Å². The molecule has 200 valence electrons. The lowest BCUT2D eigenvalue weighted by atomic mass is 10.1. The van der Waals surface area contributed by atoms with E-state index in [-0.39, 0.29) is 18.0 Å². The van der Waals surface area contributed by atoms with E-state index >= 15 is 0 Å². The third-order valence-corrected chi connectivity index (χ3v) is 7.51. The molecule has 0 aromatic carbocycles. The van der Waals surface area contributed by atoms with Gasteiger partial charge in [0.15, 0.2) is 0 Å². The van der Waals surface area contributed by atoms with E-state index in [9.17, 15) is 9.59 Å². The molecule has 1 saturated heterocycles. The molecule has 0 spiro atoms. The van der Waals surface area contributed by atoms with Crippen molar-refractivity contribution in [2.24, 2.45) is 4.99 Å². The minimum absolute atomic E-state index is 0.0841. The average Bonchev–Trinajstić information content (AvgIpc) is 3.20. The van der Waals surface area contributed by atoms with E-state index in [1.54, 1.807) is 51.2 Å². The van der Waals surface area contributed by atoms with Crippen molar-refractivity contribution in [3.8, 4) is 0 Å². The molecule has 0 bridgehead atoms. The average molecular weight is 545 g/mol. The summed E-state index contributed by atoms with van der Waals surface area (Å²) in [5, 5.41) is 6.20. The molecule has 37 heavy (non-hydrogen) atoms. The smallest absolute Gasteiger partial charge is 0.410 e. The molecule has 9 nitrogen and oxygen atoms in total. The molecular formula is C26H36N6O3S2. The zero-order valence-corrected chi connectivity index (χ0v) is 24.0. The van der Waals surface area contributed by atoms with Gasteiger partial charge in [-0.1, -0.05) is 6.92 Å². The van der Waals surface area contributed by atoms with Crippen LogP contribution in [0, 0.1) is 13.8 Å². The van der Waals surface area contributed by atoms with Gasteiger partial charge in [0.2, 0.25) is 0 Å². The normalized spacial score (nSPS) is 16.5. The fourth-order valence-electron chi connectivity index (χ4n) is 3.93. The van der Waals surface area contributed by atoms with E-state index in [4.69, 9.17) is 4.74 Å². The maximum Gasteiger partial charge on any atom is 0.410 e. The summed E-state index contributed by atoms with van der Waals surface area (Å²) in [4.78, 5) is 43.2. The van der Waals surface area contributed by atoms with Crippen molar-refractivity contribution in [1.29, 1.82) is 0 Å². The number of aliphatic imine (C=N–C) groups is 1. The molecule has 0 aliphatic carbocycles. The van der Waals surface area contributed by atoms with Crippen molar-refractivity contribution in [1.82, 2.24) is 19.8 Å². The van der Waals surface area contributed by atoms with E-state index in [1.807, 2.05) is 47.0 Å². The van der Waals surface area contributed by atoms with E-state index < -0.39 is 5.60 Å². The Morgan fingerprint density at radius 1 is 1.32 bits per heavy atom. The molecule has 1 N–H and O–H groups in total. The number of anilines is 1. The molecule has 2 aromatic heterocycles. The zero-order valence-electron chi connectivity index (χ0n) is 22.4. The number of nitrogens with one attached hydrogen (secondary N) is 1. The molecule has 11 heteroatoms. The predicted octanol–water partition coefficient (Wildman–Crippen LogP) is 5.43. The van der Waals surface area contributed by atoms with Crippen molar-refractivity contribution in [3.05, 3.63) is 44.9 Å². The number of thioether (sulfide) groups is 1. The number of rotatable bonds is 8. The lowest BCUT2D eigenvalue weighted by Gasteiger charge is -2.41. The first-order valence-electron chi connectivity index (χ1n) is 12.2. The number of pyridine rings is 1. The fourth-order valence-corrected chi connectivity index (χ4v) is 5.56. The topological polar surface area (TPSA) is 100 Å². The minimum Gasteiger partial charge on any atom is -0.444 e. The summed E-state index contributed by atoms with van der Waals surface area (Å²) < 4.78 is 5.54. The van der Waals surface area contributed by atoms with E-state index in [0.717, 1.165) is 27.7 Å². The summed E-state index contributed by atoms with van der Waals surface area (Å²) in [5.74, 6) is 1.17. The highest BCUT2D eigenvalue weighted by Gasteiger charge is 2.34. The summed E-state index contributed by atoms with van der Waals surface area (Å²) in [5.41, 5.74) is 1.73. The molecule has 3 heterocycles. The third-order valence-electron chi connectivity index (χ3n) is 5.72. The monoisotopic (exact) mass is 544 g/mol. The molecule has 1 aliphatic heterocycles. The second kappa shape index (κ2) is 12.6. The highest BCUT2D eigenvalue weighted by molar-refractivity contribution is 8.02. The van der Waals surface area contributed by atoms with Gasteiger partial charge in [0.05, 0.1) is 38.8 Å². The number of carbonyl (C=O) groups excluding carboxylic acids is 2. The molecule has 2 amide bonds. The van der Waals surface area contributed by atoms with Crippen LogP contribution in [0.1, 0.15) is 60.1 Å². The molecule has 0 radical (unpaired) electrons. The van der Waals surface area contributed by atoms with Crippen LogP contribution in [0.5, 0.6) is 0 Å². The van der Waals surface area contributed by atoms with Crippen LogP contribution >= 0.6 is 23.1 Å². The lowest BCUT2D eigenvalue weighted by Crippen LogP contribution is -2.57. The van der Waals surface area contributed by atoms with Gasteiger partial charge in [-0.25, -0.2) is 14.8 Å². The Balaban J connectivity index is 1.53. The van der Waals surface area contributed by atoms with Gasteiger partial charge in [0.1, 0.15) is 11.4 Å². The summed E-state index contributed by atoms with van der Waals surface area (Å²) in [6.45, 7) is 16.6. The van der Waals surface area contributed by atoms with Gasteiger partial charge in [-0.05, 0) is 65.3 Å². The van der Waals surface area contributed by atoms with Crippen LogP contribution in [-0.2, 0) is 4.74 Å². The van der Waals surface area contributed by atoms with Crippen LogP contribution in [-0.4, -0.2) is 75.6 Å². The number of ether oxygens (including phenoxy) is 1. The molecule has 3 rings (SSSR count). The van der Waals surface area contributed by atoms with Crippen molar-refractivity contribution in [3.63, 3.8) is 0 Å². The number of amides is 2. The van der Waals surface area contributed by atoms with E-state index in [1.165, 1.54) is 0 Å². The predicted molar refractivity (Wildman–Crippen MR) is 152 cm³/mol. The largest absolute Gasteiger partial charge is 0.444 e. The van der Waals surface area contributed by atoms with Crippen molar-refractivity contribution < 1.29 is 14.3 Å². The van der Waals surface area contributed by atoms with Crippen LogP contribution in [0.4, 0.5) is 10.6 Å². The number of hydrogen-bond donors (Lipinski definition) is 1. The van der Waals surface area contributed by atoms with Crippen LogP contribution in [0.15, 0.2) is 28.7 Å². The van der Waals surface area contributed by atoms with E-state index in [2.05, 4.69) is 27.0 Å². The molecule has 1 fully saturated rings. The summed E-state index contributed by atoms with van der Waals surface area (Å²) >= 11 is 3.15. The standard InChI is InChI=1S/C26H36N6O3S2/c1-8-20-14-31(11-12-32(20)25(34)35-26(4,5)6)24(33)19-9-10-22(28-13-19)29-16-36-15-21(27-7)23-17(2)30-18(3)37-23/h9-10,13,15,20H,7-8,11-12,14,16H2,1-6H3,(H,28,29)/b21-15-/t20-/m0/s1. The number of carbonyl (C=O) groups is 2. The maximum atomic E-state index is 13.1. The highest BCUT2D eigenvalue weighted by Crippen LogP contribution is 2.28. The van der Waals surface area contributed by atoms with Gasteiger partial charge in [0, 0.05) is 25.8 Å².